The van der Waals surface area contributed by atoms with Crippen molar-refractivity contribution in [2.75, 3.05) is 7.11 Å². The molecule has 0 heterocycles. The lowest BCUT2D eigenvalue weighted by atomic mass is 10.1. The first-order valence-corrected chi connectivity index (χ1v) is 7.45. The topological polar surface area (TPSA) is 65.0 Å². The summed E-state index contributed by atoms with van der Waals surface area (Å²) in [4.78, 5) is 29.0. The molecule has 0 unspecified atom stereocenters. The van der Waals surface area contributed by atoms with Crippen LogP contribution < -0.4 is 0 Å². The predicted octanol–water partition coefficient (Wildman–Crippen LogP) is 2.67. The molecule has 120 valence electrons. The van der Waals surface area contributed by atoms with Gasteiger partial charge < -0.3 is 9.57 Å². The minimum absolute atomic E-state index is 0.00832. The molecule has 2 aliphatic carbocycles. The van der Waals surface area contributed by atoms with Crippen LogP contribution in [0, 0.1) is 17.3 Å². The van der Waals surface area contributed by atoms with Crippen molar-refractivity contribution in [1.29, 1.82) is 0 Å². The summed E-state index contributed by atoms with van der Waals surface area (Å²) < 4.78 is 5.59. The van der Waals surface area contributed by atoms with E-state index in [1.165, 1.54) is 7.11 Å². The summed E-state index contributed by atoms with van der Waals surface area (Å²) in [6, 6.07) is 0. The van der Waals surface area contributed by atoms with Gasteiger partial charge >= 0.3 is 5.97 Å². The Kier molecular flexibility index (Phi) is 4.54. The van der Waals surface area contributed by atoms with Crippen LogP contribution in [0.4, 0.5) is 0 Å². The lowest BCUT2D eigenvalue weighted by Crippen LogP contribution is -2.20. The third-order valence-electron chi connectivity index (χ3n) is 4.76. The second-order valence-corrected chi connectivity index (χ2v) is 6.47. The Hall–Kier alpha value is -1.91. The number of allylic oxidation sites excluding steroid dienone is 2. The second kappa shape index (κ2) is 6.07. The molecule has 5 nitrogen and oxygen atoms in total. The third-order valence-corrected chi connectivity index (χ3v) is 4.76. The zero-order valence-electron chi connectivity index (χ0n) is 13.6. The van der Waals surface area contributed by atoms with E-state index in [-0.39, 0.29) is 35.4 Å². The van der Waals surface area contributed by atoms with Crippen molar-refractivity contribution in [1.82, 2.24) is 0 Å². The van der Waals surface area contributed by atoms with Gasteiger partial charge in [0.15, 0.2) is 5.78 Å². The van der Waals surface area contributed by atoms with Crippen molar-refractivity contribution >= 4 is 18.0 Å². The highest BCUT2D eigenvalue weighted by Gasteiger charge is 2.62. The van der Waals surface area contributed by atoms with Gasteiger partial charge in [0.25, 0.3) is 0 Å². The fourth-order valence-corrected chi connectivity index (χ4v) is 3.15. The summed E-state index contributed by atoms with van der Waals surface area (Å²) in [6.07, 6.45) is 3.67. The number of nitrogens with zero attached hydrogens (tertiary/aromatic N) is 1. The van der Waals surface area contributed by atoms with Crippen LogP contribution in [0.1, 0.15) is 33.6 Å². The van der Waals surface area contributed by atoms with E-state index in [0.29, 0.717) is 6.42 Å². The highest BCUT2D eigenvalue weighted by Crippen LogP contribution is 2.58. The van der Waals surface area contributed by atoms with E-state index in [4.69, 9.17) is 4.74 Å². The van der Waals surface area contributed by atoms with E-state index in [0.717, 1.165) is 11.1 Å². The molecule has 2 aliphatic rings. The van der Waals surface area contributed by atoms with Crippen molar-refractivity contribution < 1.29 is 19.2 Å². The fraction of sp³-hybridized carbons (Fsp3) is 0.588. The van der Waals surface area contributed by atoms with Crippen LogP contribution in [0.25, 0.3) is 0 Å². The Morgan fingerprint density at radius 2 is 2.18 bits per heavy atom. The smallest absolute Gasteiger partial charge is 0.310 e. The lowest BCUT2D eigenvalue weighted by molar-refractivity contribution is -0.150. The standard InChI is InChI=1S/C17H23NO4/c1-6-7-11-10(2)14(8-13(11)19)22-16(20)15-12(9-18-21-5)17(15,3)4/h6,9,12,14-15H,1,7-8H2,2-5H3/b18-9-/t12-,14-,15-/m0/s1. The number of rotatable bonds is 6. The summed E-state index contributed by atoms with van der Waals surface area (Å²) in [5, 5.41) is 3.75. The SMILES string of the molecule is C=CCC1=C(C)[C@@H](OC(=O)[C@@H]2[C@H](/C=N\OC)C2(C)C)CC1=O. The molecular formula is C17H23NO4. The van der Waals surface area contributed by atoms with E-state index in [2.05, 4.69) is 16.6 Å². The first-order chi connectivity index (χ1) is 10.3. The Morgan fingerprint density at radius 3 is 2.77 bits per heavy atom. The Bertz CT molecular complexity index is 559. The van der Waals surface area contributed by atoms with Gasteiger partial charge in [-0.05, 0) is 24.3 Å². The number of ketones is 1. The average Bonchev–Trinajstić information content (AvgIpc) is 2.91. The minimum Gasteiger partial charge on any atom is -0.457 e. The van der Waals surface area contributed by atoms with E-state index in [1.807, 2.05) is 20.8 Å². The Morgan fingerprint density at radius 1 is 1.50 bits per heavy atom. The molecule has 0 bridgehead atoms. The van der Waals surface area contributed by atoms with E-state index in [1.54, 1.807) is 12.3 Å². The molecular weight excluding hydrogens is 282 g/mol. The quantitative estimate of drug-likeness (QED) is 0.327. The maximum atomic E-state index is 12.4. The molecule has 0 aliphatic heterocycles. The molecule has 0 amide bonds. The molecule has 1 fully saturated rings. The summed E-state index contributed by atoms with van der Waals surface area (Å²) in [7, 11) is 1.47. The number of carbonyl (C=O) groups excluding carboxylic acids is 2. The molecule has 0 aromatic heterocycles. The van der Waals surface area contributed by atoms with Crippen LogP contribution in [0.2, 0.25) is 0 Å². The summed E-state index contributed by atoms with van der Waals surface area (Å²) in [5.74, 6) is -0.455. The fourth-order valence-electron chi connectivity index (χ4n) is 3.15. The van der Waals surface area contributed by atoms with Crippen molar-refractivity contribution in [3.63, 3.8) is 0 Å². The molecule has 0 radical (unpaired) electrons. The molecule has 5 heteroatoms. The van der Waals surface area contributed by atoms with E-state index in [9.17, 15) is 9.59 Å². The monoisotopic (exact) mass is 305 g/mol. The molecule has 0 aromatic carbocycles. The largest absolute Gasteiger partial charge is 0.457 e. The van der Waals surface area contributed by atoms with Crippen molar-refractivity contribution in [3.8, 4) is 0 Å². The summed E-state index contributed by atoms with van der Waals surface area (Å²) in [5.41, 5.74) is 1.38. The molecule has 0 saturated heterocycles. The maximum absolute atomic E-state index is 12.4. The van der Waals surface area contributed by atoms with Crippen molar-refractivity contribution in [2.24, 2.45) is 22.4 Å². The zero-order valence-corrected chi connectivity index (χ0v) is 13.6. The van der Waals surface area contributed by atoms with Gasteiger partial charge in [0.1, 0.15) is 13.2 Å². The first-order valence-electron chi connectivity index (χ1n) is 7.45. The first kappa shape index (κ1) is 16.5. The van der Waals surface area contributed by atoms with Gasteiger partial charge in [0.2, 0.25) is 0 Å². The molecule has 3 atom stereocenters. The van der Waals surface area contributed by atoms with E-state index >= 15 is 0 Å². The van der Waals surface area contributed by atoms with Gasteiger partial charge in [-0.3, -0.25) is 9.59 Å². The van der Waals surface area contributed by atoms with Gasteiger partial charge in [-0.15, -0.1) is 6.58 Å². The second-order valence-electron chi connectivity index (χ2n) is 6.47. The average molecular weight is 305 g/mol. The van der Waals surface area contributed by atoms with Gasteiger partial charge in [-0.2, -0.15) is 0 Å². The van der Waals surface area contributed by atoms with Crippen LogP contribution in [-0.2, 0) is 19.2 Å². The minimum atomic E-state index is -0.439. The number of ether oxygens (including phenoxy) is 1. The molecule has 2 rings (SSSR count). The van der Waals surface area contributed by atoms with Gasteiger partial charge in [0, 0.05) is 17.7 Å². The van der Waals surface area contributed by atoms with Gasteiger partial charge in [-0.1, -0.05) is 25.1 Å². The molecule has 1 saturated carbocycles. The summed E-state index contributed by atoms with van der Waals surface area (Å²) in [6.45, 7) is 9.50. The van der Waals surface area contributed by atoms with Crippen LogP contribution in [0.5, 0.6) is 0 Å². The third kappa shape index (κ3) is 2.85. The predicted molar refractivity (Wildman–Crippen MR) is 83.3 cm³/mol. The highest BCUT2D eigenvalue weighted by atomic mass is 16.6. The number of esters is 1. The van der Waals surface area contributed by atoms with Crippen LogP contribution in [0.3, 0.4) is 0 Å². The molecule has 0 N–H and O–H groups in total. The number of hydrogen-bond donors (Lipinski definition) is 0. The van der Waals surface area contributed by atoms with Gasteiger partial charge in [-0.25, -0.2) is 0 Å². The van der Waals surface area contributed by atoms with Crippen LogP contribution in [0.15, 0.2) is 29.0 Å². The normalized spacial score (nSPS) is 29.8. The Labute approximate surface area is 131 Å². The lowest BCUT2D eigenvalue weighted by Gasteiger charge is -2.13. The molecule has 0 aromatic rings. The zero-order chi connectivity index (χ0) is 16.5. The van der Waals surface area contributed by atoms with Crippen LogP contribution >= 0.6 is 0 Å². The van der Waals surface area contributed by atoms with Gasteiger partial charge in [0.05, 0.1) is 12.3 Å². The highest BCUT2D eigenvalue weighted by molar-refractivity contribution is 6.00. The maximum Gasteiger partial charge on any atom is 0.310 e. The number of Topliss-reactive ketones (excluding diaryl/α,β-unsaturated/α-hetero) is 1. The molecule has 0 spiro atoms. The Balaban J connectivity index is 2.03. The van der Waals surface area contributed by atoms with E-state index < -0.39 is 6.10 Å². The molecule has 22 heavy (non-hydrogen) atoms. The van der Waals surface area contributed by atoms with Crippen molar-refractivity contribution in [3.05, 3.63) is 23.8 Å². The number of oxime groups is 1. The van der Waals surface area contributed by atoms with Crippen LogP contribution in [-0.4, -0.2) is 31.2 Å². The number of carbonyl (C=O) groups is 2. The number of hydrogen-bond acceptors (Lipinski definition) is 5. The summed E-state index contributed by atoms with van der Waals surface area (Å²) >= 11 is 0. The van der Waals surface area contributed by atoms with Crippen molar-refractivity contribution in [2.45, 2.75) is 39.7 Å².